The average Bonchev–Trinajstić information content (AvgIpc) is 3.57. The van der Waals surface area contributed by atoms with Gasteiger partial charge in [0.25, 0.3) is 0 Å². The highest BCUT2D eigenvalue weighted by molar-refractivity contribution is 6.31. The number of methoxy groups -OCH3 is 1. The number of ether oxygens (including phenoxy) is 1. The highest BCUT2D eigenvalue weighted by Crippen LogP contribution is 2.43. The van der Waals surface area contributed by atoms with Gasteiger partial charge in [-0.1, -0.05) is 29.8 Å². The van der Waals surface area contributed by atoms with Crippen molar-refractivity contribution in [2.75, 3.05) is 7.11 Å². The molecule has 30 heavy (non-hydrogen) atoms. The van der Waals surface area contributed by atoms with Gasteiger partial charge in [-0.3, -0.25) is 9.48 Å². The molecule has 0 saturated heterocycles. The van der Waals surface area contributed by atoms with E-state index >= 15 is 0 Å². The van der Waals surface area contributed by atoms with Crippen molar-refractivity contribution in [3.8, 4) is 0 Å². The van der Waals surface area contributed by atoms with Gasteiger partial charge in [0.2, 0.25) is 0 Å². The Morgan fingerprint density at radius 1 is 1.20 bits per heavy atom. The summed E-state index contributed by atoms with van der Waals surface area (Å²) in [4.78, 5) is 11.9. The third-order valence-corrected chi connectivity index (χ3v) is 7.34. The Morgan fingerprint density at radius 3 is 2.77 bits per heavy atom. The van der Waals surface area contributed by atoms with Crippen LogP contribution in [0.4, 0.5) is 0 Å². The van der Waals surface area contributed by atoms with Gasteiger partial charge < -0.3 is 4.74 Å². The number of benzene rings is 1. The Balaban J connectivity index is 1.48. The summed E-state index contributed by atoms with van der Waals surface area (Å²) in [5.74, 6) is 0.561. The van der Waals surface area contributed by atoms with E-state index in [9.17, 15) is 4.79 Å². The summed E-state index contributed by atoms with van der Waals surface area (Å²) in [6.45, 7) is 0.756. The first-order chi connectivity index (χ1) is 14.7. The lowest BCUT2D eigenvalue weighted by molar-refractivity contribution is -0.145. The molecule has 1 aromatic heterocycles. The van der Waals surface area contributed by atoms with Gasteiger partial charge in [-0.15, -0.1) is 0 Å². The van der Waals surface area contributed by atoms with Crippen LogP contribution in [0.15, 0.2) is 24.3 Å². The Hall–Kier alpha value is -2.07. The fraction of sp³-hybridized carbons (Fsp3) is 0.520. The van der Waals surface area contributed by atoms with Crippen LogP contribution in [0.1, 0.15) is 78.9 Å². The lowest BCUT2D eigenvalue weighted by Gasteiger charge is -2.20. The van der Waals surface area contributed by atoms with Crippen LogP contribution in [0.5, 0.6) is 0 Å². The normalized spacial score (nSPS) is 21.1. The zero-order valence-corrected chi connectivity index (χ0v) is 18.4. The van der Waals surface area contributed by atoms with Crippen molar-refractivity contribution in [3.05, 3.63) is 57.4 Å². The van der Waals surface area contributed by atoms with E-state index in [-0.39, 0.29) is 11.9 Å². The molecule has 0 amide bonds. The molecule has 0 bridgehead atoms. The molecule has 1 heterocycles. The summed E-state index contributed by atoms with van der Waals surface area (Å²) in [7, 11) is 1.48. The van der Waals surface area contributed by atoms with Crippen LogP contribution < -0.4 is 0 Å². The van der Waals surface area contributed by atoms with Crippen LogP contribution in [0, 0.1) is 5.92 Å². The molecule has 5 rings (SSSR count). The number of hydrogen-bond donors (Lipinski definition) is 0. The van der Waals surface area contributed by atoms with E-state index in [1.807, 2.05) is 6.07 Å². The quantitative estimate of drug-likeness (QED) is 0.578. The standard InChI is InChI=1S/C25H29ClN2O2/c1-30-25(29)18-13-11-17(12-14-18)24-20-5-2-3-8-23(20)28(27-24)15-21-19(16-9-10-16)6-4-7-22(21)26/h4,6-7,11,16,18H,2-3,5,8-10,12-15H2,1H3. The number of rotatable bonds is 5. The predicted molar refractivity (Wildman–Crippen MR) is 119 cm³/mol. The summed E-state index contributed by atoms with van der Waals surface area (Å²) < 4.78 is 7.16. The lowest BCUT2D eigenvalue weighted by atomic mass is 9.85. The summed E-state index contributed by atoms with van der Waals surface area (Å²) in [6, 6.07) is 6.33. The third-order valence-electron chi connectivity index (χ3n) is 6.99. The number of fused-ring (bicyclic) bond motifs is 1. The summed E-state index contributed by atoms with van der Waals surface area (Å²) in [5, 5.41) is 6.00. The molecule has 1 atom stereocenters. The Bertz CT molecular complexity index is 1000. The largest absolute Gasteiger partial charge is 0.469 e. The first-order valence-electron chi connectivity index (χ1n) is 11.3. The van der Waals surface area contributed by atoms with Crippen LogP contribution in [-0.2, 0) is 28.9 Å². The monoisotopic (exact) mass is 424 g/mol. The summed E-state index contributed by atoms with van der Waals surface area (Å²) in [6.07, 6.45) is 11.9. The van der Waals surface area contributed by atoms with E-state index in [1.54, 1.807) is 0 Å². The minimum atomic E-state index is -0.0933. The number of allylic oxidation sites excluding steroid dienone is 2. The number of esters is 1. The van der Waals surface area contributed by atoms with E-state index in [1.165, 1.54) is 60.8 Å². The van der Waals surface area contributed by atoms with Crippen molar-refractivity contribution < 1.29 is 9.53 Å². The van der Waals surface area contributed by atoms with Crippen molar-refractivity contribution in [3.63, 3.8) is 0 Å². The SMILES string of the molecule is COC(=O)C1CC=C(c2nn(Cc3c(Cl)cccc3C3CC3)c3c2CCCC3)CC1. The molecule has 1 fully saturated rings. The van der Waals surface area contributed by atoms with Gasteiger partial charge in [-0.05, 0) is 86.5 Å². The first kappa shape index (κ1) is 19.9. The second-order valence-electron chi connectivity index (χ2n) is 8.94. The molecule has 3 aliphatic carbocycles. The van der Waals surface area contributed by atoms with Gasteiger partial charge in [-0.2, -0.15) is 5.10 Å². The van der Waals surface area contributed by atoms with Gasteiger partial charge in [0.05, 0.1) is 25.3 Å². The van der Waals surface area contributed by atoms with E-state index < -0.39 is 0 Å². The van der Waals surface area contributed by atoms with Crippen LogP contribution in [0.2, 0.25) is 5.02 Å². The fourth-order valence-corrected chi connectivity index (χ4v) is 5.40. The van der Waals surface area contributed by atoms with Gasteiger partial charge >= 0.3 is 5.97 Å². The highest BCUT2D eigenvalue weighted by Gasteiger charge is 2.30. The molecule has 0 radical (unpaired) electrons. The molecule has 3 aliphatic rings. The second kappa shape index (κ2) is 8.22. The van der Waals surface area contributed by atoms with Gasteiger partial charge in [0.15, 0.2) is 0 Å². The molecular weight excluding hydrogens is 396 g/mol. The number of aromatic nitrogens is 2. The van der Waals surface area contributed by atoms with Crippen molar-refractivity contribution in [1.29, 1.82) is 0 Å². The smallest absolute Gasteiger partial charge is 0.308 e. The zero-order chi connectivity index (χ0) is 20.7. The Kier molecular flexibility index (Phi) is 5.44. The fourth-order valence-electron chi connectivity index (χ4n) is 5.16. The molecule has 0 spiro atoms. The van der Waals surface area contributed by atoms with Crippen LogP contribution >= 0.6 is 11.6 Å². The van der Waals surface area contributed by atoms with Gasteiger partial charge in [-0.25, -0.2) is 0 Å². The number of carbonyl (C=O) groups is 1. The summed E-state index contributed by atoms with van der Waals surface area (Å²) >= 11 is 6.65. The third kappa shape index (κ3) is 3.71. The molecule has 2 aromatic rings. The first-order valence-corrected chi connectivity index (χ1v) is 11.7. The molecule has 5 heteroatoms. The maximum atomic E-state index is 11.9. The minimum absolute atomic E-state index is 0.0131. The van der Waals surface area contributed by atoms with E-state index in [4.69, 9.17) is 21.4 Å². The molecule has 1 aromatic carbocycles. The van der Waals surface area contributed by atoms with E-state index in [2.05, 4.69) is 22.9 Å². The van der Waals surface area contributed by atoms with Gasteiger partial charge in [0, 0.05) is 16.3 Å². The number of hydrogen-bond acceptors (Lipinski definition) is 3. The van der Waals surface area contributed by atoms with Crippen LogP contribution in [0.25, 0.3) is 5.57 Å². The number of halogens is 1. The Labute approximate surface area is 183 Å². The molecule has 4 nitrogen and oxygen atoms in total. The van der Waals surface area contributed by atoms with Crippen molar-refractivity contribution in [1.82, 2.24) is 9.78 Å². The zero-order valence-electron chi connectivity index (χ0n) is 17.6. The van der Waals surface area contributed by atoms with E-state index in [0.717, 1.165) is 49.4 Å². The molecule has 1 unspecified atom stereocenters. The Morgan fingerprint density at radius 2 is 2.03 bits per heavy atom. The summed E-state index contributed by atoms with van der Waals surface area (Å²) in [5.41, 5.74) is 7.91. The number of nitrogens with zero attached hydrogens (tertiary/aromatic N) is 2. The average molecular weight is 425 g/mol. The van der Waals surface area contributed by atoms with Crippen molar-refractivity contribution in [2.45, 2.75) is 70.3 Å². The lowest BCUT2D eigenvalue weighted by Crippen LogP contribution is -2.18. The molecular formula is C25H29ClN2O2. The predicted octanol–water partition coefficient (Wildman–Crippen LogP) is 5.70. The van der Waals surface area contributed by atoms with Crippen LogP contribution in [0.3, 0.4) is 0 Å². The number of carbonyl (C=O) groups excluding carboxylic acids is 1. The highest BCUT2D eigenvalue weighted by atomic mass is 35.5. The molecule has 0 aliphatic heterocycles. The molecule has 0 N–H and O–H groups in total. The van der Waals surface area contributed by atoms with Crippen molar-refractivity contribution >= 4 is 23.1 Å². The minimum Gasteiger partial charge on any atom is -0.469 e. The second-order valence-corrected chi connectivity index (χ2v) is 9.35. The van der Waals surface area contributed by atoms with Gasteiger partial charge in [0.1, 0.15) is 0 Å². The van der Waals surface area contributed by atoms with Crippen LogP contribution in [-0.4, -0.2) is 22.9 Å². The molecule has 158 valence electrons. The molecule has 1 saturated carbocycles. The van der Waals surface area contributed by atoms with Crippen molar-refractivity contribution in [2.24, 2.45) is 5.92 Å². The topological polar surface area (TPSA) is 44.1 Å². The maximum Gasteiger partial charge on any atom is 0.308 e. The maximum absolute atomic E-state index is 11.9. The van der Waals surface area contributed by atoms with E-state index in [0.29, 0.717) is 5.92 Å².